The van der Waals surface area contributed by atoms with Crippen molar-refractivity contribution >= 4 is 15.9 Å². The average Bonchev–Trinajstić information content (AvgIpc) is 2.92. The molecular weight excluding hydrogens is 228 g/mol. The number of rotatable bonds is 3. The predicted molar refractivity (Wildman–Crippen MR) is 60.6 cm³/mol. The van der Waals surface area contributed by atoms with E-state index in [0.717, 1.165) is 0 Å². The largest absolute Gasteiger partial charge is 0.334 e. The van der Waals surface area contributed by atoms with Crippen molar-refractivity contribution in [1.29, 1.82) is 0 Å². The Morgan fingerprint density at radius 3 is 2.56 bits per heavy atom. The Morgan fingerprint density at radius 2 is 2.00 bits per heavy atom. The van der Waals surface area contributed by atoms with E-state index >= 15 is 0 Å². The van der Waals surface area contributed by atoms with Crippen LogP contribution < -0.4 is 10.6 Å². The number of sulfone groups is 1. The molecule has 2 aliphatic rings. The van der Waals surface area contributed by atoms with E-state index in [2.05, 4.69) is 10.6 Å². The van der Waals surface area contributed by atoms with Gasteiger partial charge in [0, 0.05) is 12.2 Å². The molecule has 90 valence electrons. The van der Waals surface area contributed by atoms with Crippen molar-refractivity contribution in [2.24, 2.45) is 5.92 Å². The van der Waals surface area contributed by atoms with Crippen molar-refractivity contribution in [2.45, 2.75) is 25.3 Å². The van der Waals surface area contributed by atoms with Gasteiger partial charge < -0.3 is 10.6 Å². The molecular formula is C10H16N2O3S. The molecule has 2 N–H and O–H groups in total. The van der Waals surface area contributed by atoms with Gasteiger partial charge in [-0.2, -0.15) is 0 Å². The molecule has 5 nitrogen and oxygen atoms in total. The van der Waals surface area contributed by atoms with E-state index in [0.29, 0.717) is 12.3 Å². The van der Waals surface area contributed by atoms with E-state index in [4.69, 9.17) is 0 Å². The highest BCUT2D eigenvalue weighted by atomic mass is 32.2. The van der Waals surface area contributed by atoms with Crippen LogP contribution in [0, 0.1) is 5.92 Å². The second kappa shape index (κ2) is 4.45. The highest BCUT2D eigenvalue weighted by Crippen LogP contribution is 2.29. The van der Waals surface area contributed by atoms with Crippen LogP contribution in [0.4, 0.5) is 4.79 Å². The summed E-state index contributed by atoms with van der Waals surface area (Å²) < 4.78 is 22.3. The Bertz CT molecular complexity index is 398. The minimum absolute atomic E-state index is 0.0623. The highest BCUT2D eigenvalue weighted by molar-refractivity contribution is 7.91. The summed E-state index contributed by atoms with van der Waals surface area (Å²) in [5, 5.41) is 5.23. The van der Waals surface area contributed by atoms with E-state index in [1.165, 1.54) is 12.8 Å². The zero-order valence-electron chi connectivity index (χ0n) is 8.98. The lowest BCUT2D eigenvalue weighted by atomic mass is 10.3. The Balaban J connectivity index is 1.70. The van der Waals surface area contributed by atoms with Crippen LogP contribution in [0.2, 0.25) is 0 Å². The van der Waals surface area contributed by atoms with Gasteiger partial charge in [-0.15, -0.1) is 0 Å². The third kappa shape index (κ3) is 3.52. The van der Waals surface area contributed by atoms with Crippen molar-refractivity contribution in [3.8, 4) is 0 Å². The van der Waals surface area contributed by atoms with Crippen molar-refractivity contribution in [1.82, 2.24) is 10.6 Å². The van der Waals surface area contributed by atoms with E-state index < -0.39 is 9.84 Å². The lowest BCUT2D eigenvalue weighted by molar-refractivity contribution is 0.241. The molecule has 0 aromatic heterocycles. The standard InChI is InChI=1S/C10H16N2O3S/c13-10(11-5-3-8-1-2-8)12-9-4-6-16(14,15)7-9/h3,5,8-9H,1-2,4,6-7H2,(H2,11,12,13)/b5-3+. The van der Waals surface area contributed by atoms with Gasteiger partial charge in [-0.05, 0) is 25.2 Å². The number of urea groups is 1. The van der Waals surface area contributed by atoms with Crippen molar-refractivity contribution < 1.29 is 13.2 Å². The summed E-state index contributed by atoms with van der Waals surface area (Å²) in [6.07, 6.45) is 6.50. The molecule has 1 heterocycles. The molecule has 6 heteroatoms. The summed E-state index contributed by atoms with van der Waals surface area (Å²) in [4.78, 5) is 11.3. The Labute approximate surface area is 95.2 Å². The van der Waals surface area contributed by atoms with Crippen LogP contribution in [0.25, 0.3) is 0 Å². The fourth-order valence-corrected chi connectivity index (χ4v) is 3.36. The van der Waals surface area contributed by atoms with Crippen molar-refractivity contribution in [3.05, 3.63) is 12.3 Å². The van der Waals surface area contributed by atoms with Crippen LogP contribution in [0.1, 0.15) is 19.3 Å². The van der Waals surface area contributed by atoms with Crippen molar-refractivity contribution in [3.63, 3.8) is 0 Å². The molecule has 0 spiro atoms. The monoisotopic (exact) mass is 244 g/mol. The number of allylic oxidation sites excluding steroid dienone is 1. The number of hydrogen-bond acceptors (Lipinski definition) is 3. The molecule has 1 aliphatic heterocycles. The van der Waals surface area contributed by atoms with Gasteiger partial charge in [0.15, 0.2) is 9.84 Å². The normalized spacial score (nSPS) is 28.1. The molecule has 1 aliphatic carbocycles. The maximum absolute atomic E-state index is 11.3. The Kier molecular flexibility index (Phi) is 3.18. The minimum atomic E-state index is -2.93. The molecule has 0 radical (unpaired) electrons. The molecule has 0 aromatic rings. The van der Waals surface area contributed by atoms with Crippen LogP contribution in [0.15, 0.2) is 12.3 Å². The summed E-state index contributed by atoms with van der Waals surface area (Å²) in [5.74, 6) is 0.856. The quantitative estimate of drug-likeness (QED) is 0.754. The fourth-order valence-electron chi connectivity index (χ4n) is 1.68. The summed E-state index contributed by atoms with van der Waals surface area (Å²) >= 11 is 0. The van der Waals surface area contributed by atoms with Crippen LogP contribution in [0.3, 0.4) is 0 Å². The van der Waals surface area contributed by atoms with Gasteiger partial charge in [0.05, 0.1) is 11.5 Å². The lowest BCUT2D eigenvalue weighted by Gasteiger charge is -2.09. The van der Waals surface area contributed by atoms with Crippen molar-refractivity contribution in [2.75, 3.05) is 11.5 Å². The van der Waals surface area contributed by atoms with Crippen LogP contribution >= 0.6 is 0 Å². The summed E-state index contributed by atoms with van der Waals surface area (Å²) in [7, 11) is -2.93. The predicted octanol–water partition coefficient (Wildman–Crippen LogP) is 0.396. The first-order valence-corrected chi connectivity index (χ1v) is 7.31. The van der Waals surface area contributed by atoms with Gasteiger partial charge in [-0.1, -0.05) is 6.08 Å². The molecule has 1 saturated carbocycles. The second-order valence-corrected chi connectivity index (χ2v) is 6.64. The molecule has 2 rings (SSSR count). The molecule has 2 amide bonds. The van der Waals surface area contributed by atoms with Gasteiger partial charge in [0.1, 0.15) is 0 Å². The van der Waals surface area contributed by atoms with Gasteiger partial charge in [-0.25, -0.2) is 13.2 Å². The maximum atomic E-state index is 11.3. The second-order valence-electron chi connectivity index (χ2n) is 4.41. The molecule has 0 aromatic carbocycles. The first-order valence-electron chi connectivity index (χ1n) is 5.49. The summed E-state index contributed by atoms with van der Waals surface area (Å²) in [6.45, 7) is 0. The third-order valence-electron chi connectivity index (χ3n) is 2.77. The third-order valence-corrected chi connectivity index (χ3v) is 4.54. The number of carbonyl (C=O) groups excluding carboxylic acids is 1. The number of amides is 2. The van der Waals surface area contributed by atoms with Gasteiger partial charge in [0.2, 0.25) is 0 Å². The van der Waals surface area contributed by atoms with E-state index in [-0.39, 0.29) is 23.6 Å². The zero-order valence-corrected chi connectivity index (χ0v) is 9.79. The number of carbonyl (C=O) groups is 1. The van der Waals surface area contributed by atoms with E-state index in [1.54, 1.807) is 6.20 Å². The van der Waals surface area contributed by atoms with Crippen LogP contribution in [-0.2, 0) is 9.84 Å². The molecule has 1 unspecified atom stereocenters. The minimum Gasteiger partial charge on any atom is -0.334 e. The first kappa shape index (κ1) is 11.4. The van der Waals surface area contributed by atoms with Gasteiger partial charge >= 0.3 is 6.03 Å². The zero-order chi connectivity index (χ0) is 11.6. The number of hydrogen-bond donors (Lipinski definition) is 2. The molecule has 1 saturated heterocycles. The summed E-state index contributed by atoms with van der Waals surface area (Å²) in [6, 6.07) is -0.557. The SMILES string of the molecule is O=C(N/C=C/C1CC1)NC1CCS(=O)(=O)C1. The topological polar surface area (TPSA) is 75.3 Å². The summed E-state index contributed by atoms with van der Waals surface area (Å²) in [5.41, 5.74) is 0. The van der Waals surface area contributed by atoms with Crippen LogP contribution in [-0.4, -0.2) is 32.0 Å². The molecule has 0 bridgehead atoms. The number of nitrogens with one attached hydrogen (secondary N) is 2. The molecule has 16 heavy (non-hydrogen) atoms. The van der Waals surface area contributed by atoms with E-state index in [9.17, 15) is 13.2 Å². The Hall–Kier alpha value is -1.04. The average molecular weight is 244 g/mol. The fraction of sp³-hybridized carbons (Fsp3) is 0.700. The first-order chi connectivity index (χ1) is 7.55. The molecule has 1 atom stereocenters. The van der Waals surface area contributed by atoms with Gasteiger partial charge in [-0.3, -0.25) is 0 Å². The maximum Gasteiger partial charge on any atom is 0.318 e. The smallest absolute Gasteiger partial charge is 0.318 e. The van der Waals surface area contributed by atoms with E-state index in [1.807, 2.05) is 6.08 Å². The lowest BCUT2D eigenvalue weighted by Crippen LogP contribution is -2.40. The van der Waals surface area contributed by atoms with Gasteiger partial charge in [0.25, 0.3) is 0 Å². The van der Waals surface area contributed by atoms with Crippen LogP contribution in [0.5, 0.6) is 0 Å². The Morgan fingerprint density at radius 1 is 1.25 bits per heavy atom. The highest BCUT2D eigenvalue weighted by Gasteiger charge is 2.28. The molecule has 2 fully saturated rings.